The van der Waals surface area contributed by atoms with Crippen LogP contribution in [-0.2, 0) is 9.59 Å². The molecule has 3 N–H and O–H groups in total. The van der Waals surface area contributed by atoms with Crippen molar-refractivity contribution in [3.05, 3.63) is 41.2 Å². The molecule has 9 heteroatoms. The smallest absolute Gasteiger partial charge is 0.243 e. The standard InChI is InChI=1S/C18H19ClFN3O4/c1-10(24)22-11-4-5-13(20)14(6-11)21-9-18(25)23-15-8-16(26-2)12(19)7-17(15)27-3/h4-8,21H,9H2,1-3H3,(H,22,24)(H,23,25). The van der Waals surface area contributed by atoms with Crippen LogP contribution >= 0.6 is 11.6 Å². The zero-order chi connectivity index (χ0) is 20.0. The van der Waals surface area contributed by atoms with Crippen LogP contribution in [0.1, 0.15) is 6.92 Å². The molecule has 2 aromatic carbocycles. The average Bonchev–Trinajstić information content (AvgIpc) is 2.62. The Labute approximate surface area is 160 Å². The molecule has 0 saturated heterocycles. The number of methoxy groups -OCH3 is 2. The van der Waals surface area contributed by atoms with Crippen molar-refractivity contribution in [3.63, 3.8) is 0 Å². The van der Waals surface area contributed by atoms with E-state index in [4.69, 9.17) is 21.1 Å². The van der Waals surface area contributed by atoms with Gasteiger partial charge in [0.25, 0.3) is 0 Å². The lowest BCUT2D eigenvalue weighted by atomic mass is 10.2. The van der Waals surface area contributed by atoms with Crippen LogP contribution in [0.4, 0.5) is 21.5 Å². The number of carbonyl (C=O) groups excluding carboxylic acids is 2. The minimum absolute atomic E-state index is 0.0806. The molecule has 0 aliphatic heterocycles. The first-order valence-corrected chi connectivity index (χ1v) is 8.24. The van der Waals surface area contributed by atoms with Crippen molar-refractivity contribution >= 4 is 40.5 Å². The van der Waals surface area contributed by atoms with E-state index >= 15 is 0 Å². The molecule has 0 spiro atoms. The molecule has 7 nitrogen and oxygen atoms in total. The van der Waals surface area contributed by atoms with Gasteiger partial charge in [0.15, 0.2) is 0 Å². The highest BCUT2D eigenvalue weighted by Crippen LogP contribution is 2.35. The quantitative estimate of drug-likeness (QED) is 0.667. The van der Waals surface area contributed by atoms with Crippen molar-refractivity contribution in [2.75, 3.05) is 36.7 Å². The summed E-state index contributed by atoms with van der Waals surface area (Å²) in [7, 11) is 2.89. The zero-order valence-corrected chi connectivity index (χ0v) is 15.7. The molecule has 0 aliphatic rings. The first-order valence-electron chi connectivity index (χ1n) is 7.86. The summed E-state index contributed by atoms with van der Waals surface area (Å²) in [4.78, 5) is 23.3. The van der Waals surface area contributed by atoms with Gasteiger partial charge in [0.2, 0.25) is 11.8 Å². The number of ether oxygens (including phenoxy) is 2. The Kier molecular flexibility index (Phi) is 6.84. The molecule has 2 rings (SSSR count). The number of rotatable bonds is 7. The molecule has 0 aliphatic carbocycles. The third kappa shape index (κ3) is 5.49. The van der Waals surface area contributed by atoms with E-state index in [-0.39, 0.29) is 18.1 Å². The predicted molar refractivity (Wildman–Crippen MR) is 102 cm³/mol. The fourth-order valence-corrected chi connectivity index (χ4v) is 2.50. The van der Waals surface area contributed by atoms with E-state index < -0.39 is 11.7 Å². The topological polar surface area (TPSA) is 88.7 Å². The van der Waals surface area contributed by atoms with E-state index in [0.717, 1.165) is 0 Å². The van der Waals surface area contributed by atoms with Gasteiger partial charge < -0.3 is 25.4 Å². The largest absolute Gasteiger partial charge is 0.495 e. The number of hydrogen-bond donors (Lipinski definition) is 3. The summed E-state index contributed by atoms with van der Waals surface area (Å²) < 4.78 is 24.2. The molecule has 144 valence electrons. The summed E-state index contributed by atoms with van der Waals surface area (Å²) in [5, 5.41) is 8.21. The molecular weight excluding hydrogens is 377 g/mol. The van der Waals surface area contributed by atoms with Gasteiger partial charge in [-0.15, -0.1) is 0 Å². The highest BCUT2D eigenvalue weighted by Gasteiger charge is 2.13. The average molecular weight is 396 g/mol. The Morgan fingerprint density at radius 1 is 1.04 bits per heavy atom. The van der Waals surface area contributed by atoms with Crippen molar-refractivity contribution in [1.29, 1.82) is 0 Å². The maximum Gasteiger partial charge on any atom is 0.243 e. The third-order valence-electron chi connectivity index (χ3n) is 3.47. The molecule has 0 aromatic heterocycles. The predicted octanol–water partition coefficient (Wildman–Crippen LogP) is 3.51. The lowest BCUT2D eigenvalue weighted by molar-refractivity contribution is -0.115. The minimum atomic E-state index is -0.553. The monoisotopic (exact) mass is 395 g/mol. The van der Waals surface area contributed by atoms with Gasteiger partial charge in [0.05, 0.1) is 37.2 Å². The second-order valence-corrected chi connectivity index (χ2v) is 5.87. The Morgan fingerprint density at radius 2 is 1.74 bits per heavy atom. The lowest BCUT2D eigenvalue weighted by Gasteiger charge is -2.14. The first kappa shape index (κ1) is 20.3. The summed E-state index contributed by atoms with van der Waals surface area (Å²) >= 11 is 6.02. The second-order valence-electron chi connectivity index (χ2n) is 5.46. The van der Waals surface area contributed by atoms with E-state index in [1.807, 2.05) is 0 Å². The molecular formula is C18H19ClFN3O4. The zero-order valence-electron chi connectivity index (χ0n) is 15.0. The van der Waals surface area contributed by atoms with Crippen LogP contribution in [0, 0.1) is 5.82 Å². The van der Waals surface area contributed by atoms with Crippen LogP contribution in [0.25, 0.3) is 0 Å². The molecule has 0 unspecified atom stereocenters. The third-order valence-corrected chi connectivity index (χ3v) is 3.77. The van der Waals surface area contributed by atoms with Gasteiger partial charge in [-0.1, -0.05) is 11.6 Å². The van der Waals surface area contributed by atoms with Gasteiger partial charge >= 0.3 is 0 Å². The van der Waals surface area contributed by atoms with Gasteiger partial charge in [-0.2, -0.15) is 0 Å². The van der Waals surface area contributed by atoms with Crippen LogP contribution < -0.4 is 25.4 Å². The Bertz CT molecular complexity index is 861. The molecule has 0 radical (unpaired) electrons. The van der Waals surface area contributed by atoms with Gasteiger partial charge in [0.1, 0.15) is 17.3 Å². The molecule has 2 amide bonds. The number of halogens is 2. The number of benzene rings is 2. The van der Waals surface area contributed by atoms with E-state index in [1.165, 1.54) is 51.5 Å². The van der Waals surface area contributed by atoms with E-state index in [2.05, 4.69) is 16.0 Å². The maximum absolute atomic E-state index is 13.9. The second kappa shape index (κ2) is 9.09. The van der Waals surface area contributed by atoms with E-state index in [9.17, 15) is 14.0 Å². The van der Waals surface area contributed by atoms with Crippen molar-refractivity contribution in [1.82, 2.24) is 0 Å². The van der Waals surface area contributed by atoms with Crippen LogP contribution in [0.2, 0.25) is 5.02 Å². The minimum Gasteiger partial charge on any atom is -0.495 e. The van der Waals surface area contributed by atoms with Gasteiger partial charge in [-0.3, -0.25) is 9.59 Å². The number of nitrogens with one attached hydrogen (secondary N) is 3. The molecule has 0 bridgehead atoms. The number of anilines is 3. The fraction of sp³-hybridized carbons (Fsp3) is 0.222. The number of hydrogen-bond acceptors (Lipinski definition) is 5. The van der Waals surface area contributed by atoms with Gasteiger partial charge in [-0.05, 0) is 18.2 Å². The Balaban J connectivity index is 2.08. The van der Waals surface area contributed by atoms with Crippen LogP contribution in [-0.4, -0.2) is 32.6 Å². The molecule has 0 heterocycles. The van der Waals surface area contributed by atoms with Crippen LogP contribution in [0.5, 0.6) is 11.5 Å². The van der Waals surface area contributed by atoms with Crippen molar-refractivity contribution in [2.24, 2.45) is 0 Å². The SMILES string of the molecule is COc1cc(NC(=O)CNc2cc(NC(C)=O)ccc2F)c(OC)cc1Cl. The number of amides is 2. The Morgan fingerprint density at radius 3 is 2.37 bits per heavy atom. The summed E-state index contributed by atoms with van der Waals surface area (Å²) in [6.07, 6.45) is 0. The lowest BCUT2D eigenvalue weighted by Crippen LogP contribution is -2.22. The van der Waals surface area contributed by atoms with Crippen molar-refractivity contribution in [3.8, 4) is 11.5 Å². The van der Waals surface area contributed by atoms with Gasteiger partial charge in [-0.25, -0.2) is 4.39 Å². The van der Waals surface area contributed by atoms with E-state index in [1.54, 1.807) is 0 Å². The number of carbonyl (C=O) groups is 2. The first-order chi connectivity index (χ1) is 12.8. The molecule has 0 atom stereocenters. The van der Waals surface area contributed by atoms with E-state index in [0.29, 0.717) is 27.9 Å². The summed E-state index contributed by atoms with van der Waals surface area (Å²) in [6, 6.07) is 7.05. The molecule has 27 heavy (non-hydrogen) atoms. The normalized spacial score (nSPS) is 10.1. The molecule has 2 aromatic rings. The molecule has 0 saturated carbocycles. The highest BCUT2D eigenvalue weighted by molar-refractivity contribution is 6.32. The van der Waals surface area contributed by atoms with Crippen LogP contribution in [0.3, 0.4) is 0 Å². The van der Waals surface area contributed by atoms with Crippen molar-refractivity contribution in [2.45, 2.75) is 6.92 Å². The molecule has 0 fully saturated rings. The summed E-state index contributed by atoms with van der Waals surface area (Å²) in [5.41, 5.74) is 0.853. The van der Waals surface area contributed by atoms with Crippen molar-refractivity contribution < 1.29 is 23.5 Å². The van der Waals surface area contributed by atoms with Crippen LogP contribution in [0.15, 0.2) is 30.3 Å². The maximum atomic E-state index is 13.9. The Hall–Kier alpha value is -3.00. The van der Waals surface area contributed by atoms with Gasteiger partial charge in [0, 0.05) is 24.7 Å². The summed E-state index contributed by atoms with van der Waals surface area (Å²) in [6.45, 7) is 1.13. The highest BCUT2D eigenvalue weighted by atomic mass is 35.5. The fourth-order valence-electron chi connectivity index (χ4n) is 2.27. The summed E-state index contributed by atoms with van der Waals surface area (Å²) in [5.74, 6) is -0.554.